The Labute approximate surface area is 152 Å². The topological polar surface area (TPSA) is 49.4 Å². The maximum atomic E-state index is 12.5. The van der Waals surface area contributed by atoms with Gasteiger partial charge in [-0.1, -0.05) is 31.2 Å². The lowest BCUT2D eigenvalue weighted by Crippen LogP contribution is -2.28. The monoisotopic (exact) mass is 354 g/mol. The number of carbonyl (C=O) groups is 2. The highest BCUT2D eigenvalue weighted by atomic mass is 32.2. The Morgan fingerprint density at radius 2 is 1.92 bits per heavy atom. The summed E-state index contributed by atoms with van der Waals surface area (Å²) in [6, 6.07) is 13.8. The van der Waals surface area contributed by atoms with Gasteiger partial charge in [-0.2, -0.15) is 0 Å². The number of hydrogen-bond acceptors (Lipinski definition) is 3. The standard InChI is InChI=1S/C20H22N2O2S/c1-4-18(23)21-16-10-8-15(9-11-16)20-22(19(24)12-25-20)17-7-5-6-13(2)14(17)3/h5-11,20H,4,12H2,1-3H3,(H,21,23). The molecule has 3 rings (SSSR count). The fourth-order valence-corrected chi connectivity index (χ4v) is 4.08. The normalized spacial score (nSPS) is 17.0. The fraction of sp³-hybridized carbons (Fsp3) is 0.300. The summed E-state index contributed by atoms with van der Waals surface area (Å²) < 4.78 is 0. The summed E-state index contributed by atoms with van der Waals surface area (Å²) in [5.74, 6) is 0.606. The minimum absolute atomic E-state index is 0.00446. The number of thioether (sulfide) groups is 1. The summed E-state index contributed by atoms with van der Waals surface area (Å²) >= 11 is 1.63. The van der Waals surface area contributed by atoms with Gasteiger partial charge in [0.25, 0.3) is 0 Å². The molecule has 0 aromatic heterocycles. The molecule has 1 aliphatic rings. The van der Waals surface area contributed by atoms with E-state index < -0.39 is 0 Å². The molecule has 4 nitrogen and oxygen atoms in total. The molecular formula is C20H22N2O2S. The number of anilines is 2. The van der Waals surface area contributed by atoms with Gasteiger partial charge in [0.05, 0.1) is 5.75 Å². The van der Waals surface area contributed by atoms with Gasteiger partial charge in [-0.25, -0.2) is 0 Å². The predicted octanol–water partition coefficient (Wildman–Crippen LogP) is 4.43. The lowest BCUT2D eigenvalue weighted by Gasteiger charge is -2.26. The largest absolute Gasteiger partial charge is 0.326 e. The second-order valence-corrected chi connectivity index (χ2v) is 7.24. The van der Waals surface area contributed by atoms with Crippen LogP contribution in [-0.2, 0) is 9.59 Å². The number of nitrogens with one attached hydrogen (secondary N) is 1. The smallest absolute Gasteiger partial charge is 0.238 e. The van der Waals surface area contributed by atoms with E-state index in [0.717, 1.165) is 22.5 Å². The van der Waals surface area contributed by atoms with Crippen LogP contribution in [0.1, 0.15) is 35.4 Å². The van der Waals surface area contributed by atoms with Crippen LogP contribution in [0.3, 0.4) is 0 Å². The molecule has 1 heterocycles. The van der Waals surface area contributed by atoms with E-state index in [4.69, 9.17) is 0 Å². The zero-order valence-electron chi connectivity index (χ0n) is 14.7. The molecule has 25 heavy (non-hydrogen) atoms. The Kier molecular flexibility index (Phi) is 5.13. The Hall–Kier alpha value is -2.27. The van der Waals surface area contributed by atoms with E-state index in [-0.39, 0.29) is 17.2 Å². The van der Waals surface area contributed by atoms with Crippen LogP contribution in [0.5, 0.6) is 0 Å². The summed E-state index contributed by atoms with van der Waals surface area (Å²) in [4.78, 5) is 25.9. The summed E-state index contributed by atoms with van der Waals surface area (Å²) in [5.41, 5.74) is 5.13. The molecule has 1 saturated heterocycles. The third-order valence-corrected chi connectivity index (χ3v) is 5.72. The second kappa shape index (κ2) is 7.31. The number of carbonyl (C=O) groups excluding carboxylic acids is 2. The van der Waals surface area contributed by atoms with Crippen molar-refractivity contribution in [2.45, 2.75) is 32.6 Å². The van der Waals surface area contributed by atoms with Gasteiger partial charge in [0.2, 0.25) is 11.8 Å². The number of hydrogen-bond donors (Lipinski definition) is 1. The van der Waals surface area contributed by atoms with Crippen LogP contribution in [-0.4, -0.2) is 17.6 Å². The van der Waals surface area contributed by atoms with Gasteiger partial charge in [-0.05, 0) is 48.7 Å². The van der Waals surface area contributed by atoms with Crippen LogP contribution in [0.2, 0.25) is 0 Å². The maximum absolute atomic E-state index is 12.5. The quantitative estimate of drug-likeness (QED) is 0.883. The van der Waals surface area contributed by atoms with E-state index in [9.17, 15) is 9.59 Å². The summed E-state index contributed by atoms with van der Waals surface area (Å²) in [5, 5.41) is 2.81. The van der Waals surface area contributed by atoms with Gasteiger partial charge in [0.1, 0.15) is 5.37 Å². The number of amides is 2. The molecule has 1 aliphatic heterocycles. The van der Waals surface area contributed by atoms with E-state index in [1.165, 1.54) is 5.56 Å². The van der Waals surface area contributed by atoms with Gasteiger partial charge in [-0.3, -0.25) is 14.5 Å². The molecule has 0 saturated carbocycles. The summed E-state index contributed by atoms with van der Waals surface area (Å²) in [6.07, 6.45) is 0.454. The zero-order valence-corrected chi connectivity index (χ0v) is 15.5. The van der Waals surface area contributed by atoms with Crippen molar-refractivity contribution in [3.05, 3.63) is 59.2 Å². The molecule has 2 amide bonds. The van der Waals surface area contributed by atoms with Crippen molar-refractivity contribution < 1.29 is 9.59 Å². The van der Waals surface area contributed by atoms with Crippen LogP contribution in [0.25, 0.3) is 0 Å². The number of aryl methyl sites for hydroxylation is 1. The SMILES string of the molecule is CCC(=O)Nc1ccc(C2SCC(=O)N2c2cccc(C)c2C)cc1. The molecule has 1 N–H and O–H groups in total. The molecule has 130 valence electrons. The van der Waals surface area contributed by atoms with Crippen molar-refractivity contribution in [1.82, 2.24) is 0 Å². The highest BCUT2D eigenvalue weighted by Crippen LogP contribution is 2.43. The van der Waals surface area contributed by atoms with Crippen molar-refractivity contribution in [2.75, 3.05) is 16.0 Å². The van der Waals surface area contributed by atoms with Crippen LogP contribution >= 0.6 is 11.8 Å². The third-order valence-electron chi connectivity index (χ3n) is 4.50. The lowest BCUT2D eigenvalue weighted by molar-refractivity contribution is -0.116. The minimum atomic E-state index is -0.0380. The van der Waals surface area contributed by atoms with E-state index >= 15 is 0 Å². The van der Waals surface area contributed by atoms with E-state index in [1.54, 1.807) is 11.8 Å². The molecule has 2 aromatic carbocycles. The third kappa shape index (κ3) is 3.56. The first-order valence-corrected chi connectivity index (χ1v) is 9.46. The molecule has 1 fully saturated rings. The Bertz CT molecular complexity index is 802. The number of nitrogens with zero attached hydrogens (tertiary/aromatic N) is 1. The van der Waals surface area contributed by atoms with Crippen LogP contribution in [0.15, 0.2) is 42.5 Å². The van der Waals surface area contributed by atoms with Gasteiger partial charge in [0.15, 0.2) is 0 Å². The zero-order chi connectivity index (χ0) is 18.0. The van der Waals surface area contributed by atoms with Crippen molar-refractivity contribution in [3.8, 4) is 0 Å². The van der Waals surface area contributed by atoms with Crippen molar-refractivity contribution >= 4 is 35.0 Å². The van der Waals surface area contributed by atoms with E-state index in [0.29, 0.717) is 12.2 Å². The van der Waals surface area contributed by atoms with Crippen LogP contribution < -0.4 is 10.2 Å². The molecule has 0 aliphatic carbocycles. The number of rotatable bonds is 4. The van der Waals surface area contributed by atoms with Crippen molar-refractivity contribution in [1.29, 1.82) is 0 Å². The van der Waals surface area contributed by atoms with Crippen molar-refractivity contribution in [2.24, 2.45) is 0 Å². The molecule has 5 heteroatoms. The second-order valence-electron chi connectivity index (χ2n) is 6.17. The van der Waals surface area contributed by atoms with E-state index in [2.05, 4.69) is 25.2 Å². The first kappa shape index (κ1) is 17.5. The Morgan fingerprint density at radius 1 is 1.20 bits per heavy atom. The average Bonchev–Trinajstić information content (AvgIpc) is 2.99. The summed E-state index contributed by atoms with van der Waals surface area (Å²) in [6.45, 7) is 5.95. The average molecular weight is 354 g/mol. The molecule has 1 atom stereocenters. The van der Waals surface area contributed by atoms with Crippen LogP contribution in [0, 0.1) is 13.8 Å². The maximum Gasteiger partial charge on any atom is 0.238 e. The minimum Gasteiger partial charge on any atom is -0.326 e. The fourth-order valence-electron chi connectivity index (χ4n) is 2.91. The first-order valence-electron chi connectivity index (χ1n) is 8.41. The predicted molar refractivity (Wildman–Crippen MR) is 104 cm³/mol. The molecule has 1 unspecified atom stereocenters. The van der Waals surface area contributed by atoms with Gasteiger partial charge >= 0.3 is 0 Å². The summed E-state index contributed by atoms with van der Waals surface area (Å²) in [7, 11) is 0. The molecular weight excluding hydrogens is 332 g/mol. The highest BCUT2D eigenvalue weighted by Gasteiger charge is 2.34. The van der Waals surface area contributed by atoms with Crippen molar-refractivity contribution in [3.63, 3.8) is 0 Å². The lowest BCUT2D eigenvalue weighted by atomic mass is 10.1. The Balaban J connectivity index is 1.89. The van der Waals surface area contributed by atoms with Gasteiger partial charge in [0, 0.05) is 17.8 Å². The molecule has 0 radical (unpaired) electrons. The highest BCUT2D eigenvalue weighted by molar-refractivity contribution is 8.00. The first-order chi connectivity index (χ1) is 12.0. The van der Waals surface area contributed by atoms with Crippen LogP contribution in [0.4, 0.5) is 11.4 Å². The van der Waals surface area contributed by atoms with Gasteiger partial charge in [-0.15, -0.1) is 11.8 Å². The molecule has 0 bridgehead atoms. The molecule has 2 aromatic rings. The van der Waals surface area contributed by atoms with Gasteiger partial charge < -0.3 is 5.32 Å². The molecule has 0 spiro atoms. The Morgan fingerprint density at radius 3 is 2.60 bits per heavy atom. The number of benzene rings is 2. The van der Waals surface area contributed by atoms with E-state index in [1.807, 2.05) is 48.2 Å².